The number of hydrogen-bond donors (Lipinski definition) is 1. The molecular formula is C15H21NO2. The van der Waals surface area contributed by atoms with E-state index in [2.05, 4.69) is 12.2 Å². The molecule has 1 amide bonds. The average molecular weight is 247 g/mol. The molecule has 0 saturated heterocycles. The molecule has 1 atom stereocenters. The van der Waals surface area contributed by atoms with E-state index in [4.69, 9.17) is 4.74 Å². The molecule has 0 heterocycles. The van der Waals surface area contributed by atoms with E-state index in [-0.39, 0.29) is 5.91 Å². The predicted molar refractivity (Wildman–Crippen MR) is 71.6 cm³/mol. The van der Waals surface area contributed by atoms with Gasteiger partial charge in [0.15, 0.2) is 0 Å². The van der Waals surface area contributed by atoms with Gasteiger partial charge >= 0.3 is 0 Å². The molecule has 1 fully saturated rings. The molecule has 2 rings (SSSR count). The van der Waals surface area contributed by atoms with Gasteiger partial charge in [0.25, 0.3) is 0 Å². The summed E-state index contributed by atoms with van der Waals surface area (Å²) in [6.07, 6.45) is 2.96. The molecule has 3 nitrogen and oxygen atoms in total. The topological polar surface area (TPSA) is 38.3 Å². The van der Waals surface area contributed by atoms with Crippen LogP contribution in [0.4, 0.5) is 0 Å². The van der Waals surface area contributed by atoms with Crippen LogP contribution in [0.5, 0.6) is 5.75 Å². The fourth-order valence-corrected chi connectivity index (χ4v) is 2.07. The third-order valence-electron chi connectivity index (χ3n) is 3.32. The van der Waals surface area contributed by atoms with Crippen molar-refractivity contribution in [2.24, 2.45) is 5.92 Å². The van der Waals surface area contributed by atoms with Gasteiger partial charge in [-0.2, -0.15) is 0 Å². The number of nitrogens with one attached hydrogen (secondary N) is 1. The van der Waals surface area contributed by atoms with Gasteiger partial charge < -0.3 is 10.1 Å². The van der Waals surface area contributed by atoms with E-state index in [0.29, 0.717) is 25.0 Å². The van der Waals surface area contributed by atoms with Gasteiger partial charge in [0, 0.05) is 6.04 Å². The number of ether oxygens (including phenoxy) is 1. The van der Waals surface area contributed by atoms with E-state index in [1.807, 2.05) is 31.2 Å². The SMILES string of the molecule is CCOc1ccc(CC(=O)NC(C)C2CC2)cc1. The molecule has 1 aliphatic rings. The van der Waals surface area contributed by atoms with Crippen LogP contribution in [0.1, 0.15) is 32.3 Å². The van der Waals surface area contributed by atoms with Crippen molar-refractivity contribution >= 4 is 5.91 Å². The highest BCUT2D eigenvalue weighted by molar-refractivity contribution is 5.78. The number of carbonyl (C=O) groups is 1. The Morgan fingerprint density at radius 3 is 2.61 bits per heavy atom. The summed E-state index contributed by atoms with van der Waals surface area (Å²) < 4.78 is 5.37. The van der Waals surface area contributed by atoms with Crippen molar-refractivity contribution in [1.29, 1.82) is 0 Å². The molecular weight excluding hydrogens is 226 g/mol. The van der Waals surface area contributed by atoms with Crippen LogP contribution in [0.2, 0.25) is 0 Å². The Labute approximate surface area is 109 Å². The zero-order valence-corrected chi connectivity index (χ0v) is 11.1. The van der Waals surface area contributed by atoms with Gasteiger partial charge in [0.1, 0.15) is 5.75 Å². The first-order chi connectivity index (χ1) is 8.69. The molecule has 1 saturated carbocycles. The Kier molecular flexibility index (Phi) is 4.24. The van der Waals surface area contributed by atoms with Gasteiger partial charge in [-0.25, -0.2) is 0 Å². The van der Waals surface area contributed by atoms with Crippen LogP contribution in [0.15, 0.2) is 24.3 Å². The summed E-state index contributed by atoms with van der Waals surface area (Å²) in [7, 11) is 0. The fraction of sp³-hybridized carbons (Fsp3) is 0.533. The third kappa shape index (κ3) is 3.76. The maximum absolute atomic E-state index is 11.8. The average Bonchev–Trinajstić information content (AvgIpc) is 3.16. The quantitative estimate of drug-likeness (QED) is 0.839. The van der Waals surface area contributed by atoms with Crippen LogP contribution in [-0.2, 0) is 11.2 Å². The van der Waals surface area contributed by atoms with Crippen molar-refractivity contribution in [3.63, 3.8) is 0 Å². The second-order valence-corrected chi connectivity index (χ2v) is 4.95. The smallest absolute Gasteiger partial charge is 0.224 e. The van der Waals surface area contributed by atoms with E-state index in [9.17, 15) is 4.79 Å². The lowest BCUT2D eigenvalue weighted by Crippen LogP contribution is -2.35. The van der Waals surface area contributed by atoms with E-state index in [0.717, 1.165) is 11.3 Å². The number of rotatable bonds is 6. The summed E-state index contributed by atoms with van der Waals surface area (Å²) in [5.41, 5.74) is 1.03. The molecule has 0 radical (unpaired) electrons. The fourth-order valence-electron chi connectivity index (χ4n) is 2.07. The van der Waals surface area contributed by atoms with E-state index in [1.165, 1.54) is 12.8 Å². The first-order valence-corrected chi connectivity index (χ1v) is 6.70. The van der Waals surface area contributed by atoms with E-state index >= 15 is 0 Å². The molecule has 18 heavy (non-hydrogen) atoms. The van der Waals surface area contributed by atoms with Gasteiger partial charge in [-0.15, -0.1) is 0 Å². The lowest BCUT2D eigenvalue weighted by Gasteiger charge is -2.12. The maximum Gasteiger partial charge on any atom is 0.224 e. The van der Waals surface area contributed by atoms with Crippen LogP contribution in [0.3, 0.4) is 0 Å². The Balaban J connectivity index is 1.82. The highest BCUT2D eigenvalue weighted by atomic mass is 16.5. The van der Waals surface area contributed by atoms with Crippen LogP contribution in [-0.4, -0.2) is 18.6 Å². The minimum absolute atomic E-state index is 0.110. The highest BCUT2D eigenvalue weighted by Gasteiger charge is 2.28. The molecule has 0 aliphatic heterocycles. The zero-order chi connectivity index (χ0) is 13.0. The van der Waals surface area contributed by atoms with Gasteiger partial charge in [0.2, 0.25) is 5.91 Å². The molecule has 1 aromatic carbocycles. The van der Waals surface area contributed by atoms with Crippen molar-refractivity contribution in [2.45, 2.75) is 39.2 Å². The number of amides is 1. The van der Waals surface area contributed by atoms with E-state index < -0.39 is 0 Å². The molecule has 1 N–H and O–H groups in total. The molecule has 0 spiro atoms. The molecule has 3 heteroatoms. The summed E-state index contributed by atoms with van der Waals surface area (Å²) in [5.74, 6) is 1.67. The first-order valence-electron chi connectivity index (χ1n) is 6.70. The van der Waals surface area contributed by atoms with Crippen molar-refractivity contribution in [3.05, 3.63) is 29.8 Å². The predicted octanol–water partition coefficient (Wildman–Crippen LogP) is 2.54. The largest absolute Gasteiger partial charge is 0.494 e. The second kappa shape index (κ2) is 5.89. The van der Waals surface area contributed by atoms with Gasteiger partial charge in [-0.05, 0) is 50.3 Å². The van der Waals surface area contributed by atoms with Crippen LogP contribution < -0.4 is 10.1 Å². The molecule has 98 valence electrons. The summed E-state index contributed by atoms with van der Waals surface area (Å²) in [6.45, 7) is 4.72. The van der Waals surface area contributed by atoms with Crippen molar-refractivity contribution in [1.82, 2.24) is 5.32 Å². The Morgan fingerprint density at radius 1 is 1.39 bits per heavy atom. The Bertz CT molecular complexity index is 395. The lowest BCUT2D eigenvalue weighted by molar-refractivity contribution is -0.121. The van der Waals surface area contributed by atoms with Crippen molar-refractivity contribution in [3.8, 4) is 5.75 Å². The maximum atomic E-state index is 11.8. The monoisotopic (exact) mass is 247 g/mol. The molecule has 0 aromatic heterocycles. The molecule has 1 aliphatic carbocycles. The molecule has 1 unspecified atom stereocenters. The minimum Gasteiger partial charge on any atom is -0.494 e. The first kappa shape index (κ1) is 12.9. The minimum atomic E-state index is 0.110. The Morgan fingerprint density at radius 2 is 2.06 bits per heavy atom. The van der Waals surface area contributed by atoms with Crippen molar-refractivity contribution in [2.75, 3.05) is 6.61 Å². The van der Waals surface area contributed by atoms with Crippen LogP contribution >= 0.6 is 0 Å². The molecule has 1 aromatic rings. The van der Waals surface area contributed by atoms with Gasteiger partial charge in [0.05, 0.1) is 13.0 Å². The second-order valence-electron chi connectivity index (χ2n) is 4.95. The summed E-state index contributed by atoms with van der Waals surface area (Å²) in [6, 6.07) is 8.05. The third-order valence-corrected chi connectivity index (χ3v) is 3.32. The summed E-state index contributed by atoms with van der Waals surface area (Å²) in [4.78, 5) is 11.8. The normalized spacial score (nSPS) is 16.1. The lowest BCUT2D eigenvalue weighted by atomic mass is 10.1. The summed E-state index contributed by atoms with van der Waals surface area (Å²) in [5, 5.41) is 3.06. The van der Waals surface area contributed by atoms with Crippen molar-refractivity contribution < 1.29 is 9.53 Å². The van der Waals surface area contributed by atoms with Crippen LogP contribution in [0, 0.1) is 5.92 Å². The standard InChI is InChI=1S/C15H21NO2/c1-3-18-14-8-4-12(5-9-14)10-15(17)16-11(2)13-6-7-13/h4-5,8-9,11,13H,3,6-7,10H2,1-2H3,(H,16,17). The van der Waals surface area contributed by atoms with Crippen LogP contribution in [0.25, 0.3) is 0 Å². The van der Waals surface area contributed by atoms with E-state index in [1.54, 1.807) is 0 Å². The highest BCUT2D eigenvalue weighted by Crippen LogP contribution is 2.32. The number of carbonyl (C=O) groups excluding carboxylic acids is 1. The summed E-state index contributed by atoms with van der Waals surface area (Å²) >= 11 is 0. The van der Waals surface area contributed by atoms with Gasteiger partial charge in [-0.1, -0.05) is 12.1 Å². The number of benzene rings is 1. The number of hydrogen-bond acceptors (Lipinski definition) is 2. The molecule has 0 bridgehead atoms. The Hall–Kier alpha value is -1.51. The zero-order valence-electron chi connectivity index (χ0n) is 11.1. The van der Waals surface area contributed by atoms with Gasteiger partial charge in [-0.3, -0.25) is 4.79 Å².